The first-order chi connectivity index (χ1) is 30.1. The van der Waals surface area contributed by atoms with E-state index in [0.717, 1.165) is 60.6 Å². The third kappa shape index (κ3) is 16.0. The fourth-order valence-electron chi connectivity index (χ4n) is 6.58. The van der Waals surface area contributed by atoms with Crippen molar-refractivity contribution in [3.63, 3.8) is 0 Å². The van der Waals surface area contributed by atoms with E-state index in [-0.39, 0.29) is 18.1 Å². The second kappa shape index (κ2) is 25.6. The fourth-order valence-corrected chi connectivity index (χ4v) is 7.63. The molecule has 1 aliphatic carbocycles. The van der Waals surface area contributed by atoms with Gasteiger partial charge in [0.15, 0.2) is 5.75 Å². The van der Waals surface area contributed by atoms with Crippen molar-refractivity contribution in [2.24, 2.45) is 5.41 Å². The van der Waals surface area contributed by atoms with Crippen LogP contribution >= 0.6 is 66.6 Å². The first-order valence-electron chi connectivity index (χ1n) is 19.6. The van der Waals surface area contributed by atoms with Crippen LogP contribution in [0.5, 0.6) is 5.75 Å². The first kappa shape index (κ1) is 51.8. The molecule has 1 unspecified atom stereocenters. The maximum atomic E-state index is 12.3. The summed E-state index contributed by atoms with van der Waals surface area (Å²) in [4.78, 5) is 30.5. The van der Waals surface area contributed by atoms with Crippen molar-refractivity contribution in [1.29, 1.82) is 0 Å². The van der Waals surface area contributed by atoms with E-state index in [2.05, 4.69) is 70.5 Å². The Hall–Kier alpha value is -3.88. The van der Waals surface area contributed by atoms with Gasteiger partial charge < -0.3 is 20.1 Å². The average Bonchev–Trinajstić information content (AvgIpc) is 4.00. The SMILES string of the molecule is CC1(C)CC/C(=C\c2ccc(Cl)cc2)C1(O)Cn1cncn1.CCCN(CCOc1c(Cl)cc(Cl)cc1Cl)C(=O)n1ccnc1.Cc1cc(C)nc(Nc2ccccc2)n1.[Cl][Cu][Cl]. The van der Waals surface area contributed by atoms with Crippen LogP contribution < -0.4 is 10.1 Å². The minimum absolute atomic E-state index is 0.152. The standard InChI is InChI=1S/C17H20ClN3O.C15H16Cl3N3O2.C12H13N3.2ClH.Cu/c1-16(2)8-7-14(9-13-3-5-15(18)6-4-13)17(16,22)10-21-12-19-11-20-21;1-2-4-20(15(22)21-5-3-19-10-21)6-7-23-14-12(17)8-11(16)9-13(14)18;1-9-8-10(2)14-12(13-9)15-11-6-4-3-5-7-11;;;/h3-6,9,11-12,22H,7-8,10H2,1-2H3;3,5,8-10H,2,4,6-7H2,1H3;3-8H,1-2H3,(H,13,14,15);2*1H;/q;;;;;+2/p-2/b14-9+;;;;;. The summed E-state index contributed by atoms with van der Waals surface area (Å²) in [6.45, 7) is 11.8. The number of rotatable bonds is 11. The predicted octanol–water partition coefficient (Wildman–Crippen LogP) is 12.4. The summed E-state index contributed by atoms with van der Waals surface area (Å²) in [5.41, 5.74) is 3.89. The molecule has 1 amide bonds. The molecule has 1 fully saturated rings. The summed E-state index contributed by atoms with van der Waals surface area (Å²) in [5, 5.41) is 20.5. The number of anilines is 2. The molecule has 12 nitrogen and oxygen atoms in total. The van der Waals surface area contributed by atoms with Crippen molar-refractivity contribution in [1.82, 2.24) is 39.2 Å². The van der Waals surface area contributed by atoms with Crippen LogP contribution in [0.3, 0.4) is 0 Å². The van der Waals surface area contributed by atoms with Crippen LogP contribution in [-0.4, -0.2) is 75.6 Å². The van der Waals surface area contributed by atoms with Gasteiger partial charge >= 0.3 is 39.4 Å². The Morgan fingerprint density at radius 3 is 2.14 bits per heavy atom. The van der Waals surface area contributed by atoms with E-state index in [9.17, 15) is 9.90 Å². The number of carbonyl (C=O) groups excluding carboxylic acids is 1. The van der Waals surface area contributed by atoms with Gasteiger partial charge in [0.1, 0.15) is 31.2 Å². The average molecular weight is 1030 g/mol. The molecule has 3 aromatic heterocycles. The second-order valence-corrected chi connectivity index (χ2v) is 18.1. The van der Waals surface area contributed by atoms with Crippen LogP contribution in [0.2, 0.25) is 20.1 Å². The number of nitrogens with one attached hydrogen (secondary N) is 1. The van der Waals surface area contributed by atoms with E-state index < -0.39 is 5.60 Å². The number of para-hydroxylation sites is 1. The zero-order valence-corrected chi connectivity index (χ0v) is 40.7. The first-order valence-corrected chi connectivity index (χ1v) is 23.7. The molecule has 0 aliphatic heterocycles. The fraction of sp³-hybridized carbons (Fsp3) is 0.318. The molecule has 7 rings (SSSR count). The van der Waals surface area contributed by atoms with Crippen LogP contribution in [0.4, 0.5) is 16.4 Å². The van der Waals surface area contributed by atoms with E-state index in [1.54, 1.807) is 40.4 Å². The Bertz CT molecular complexity index is 2300. The third-order valence-electron chi connectivity index (χ3n) is 9.81. The second-order valence-electron chi connectivity index (χ2n) is 14.9. The molecular weight excluding hydrogens is 979 g/mol. The molecule has 2 N–H and O–H groups in total. The molecule has 6 aromatic rings. The molecule has 341 valence electrons. The molecule has 63 heavy (non-hydrogen) atoms. The van der Waals surface area contributed by atoms with Crippen LogP contribution in [0.15, 0.2) is 110 Å². The molecule has 1 aliphatic rings. The molecular formula is C44H49Cl6CuN9O3. The van der Waals surface area contributed by atoms with Crippen molar-refractivity contribution in [2.45, 2.75) is 66.0 Å². The molecule has 1 atom stereocenters. The number of carbonyl (C=O) groups is 1. The normalized spacial score (nSPS) is 15.6. The zero-order valence-electron chi connectivity index (χ0n) is 35.3. The number of benzene rings is 3. The minimum atomic E-state index is -0.930. The van der Waals surface area contributed by atoms with E-state index in [0.29, 0.717) is 51.4 Å². The Labute approximate surface area is 403 Å². The number of hydrogen-bond donors (Lipinski definition) is 2. The van der Waals surface area contributed by atoms with Gasteiger partial charge in [-0.3, -0.25) is 4.57 Å². The topological polar surface area (TPSA) is 136 Å². The number of amides is 1. The number of nitrogens with zero attached hydrogens (tertiary/aromatic N) is 8. The number of aliphatic hydroxyl groups is 1. The van der Waals surface area contributed by atoms with Gasteiger partial charge in [0.05, 0.1) is 23.1 Å². The monoisotopic (exact) mass is 1020 g/mol. The Morgan fingerprint density at radius 1 is 0.921 bits per heavy atom. The van der Waals surface area contributed by atoms with Gasteiger partial charge in [-0.15, -0.1) is 0 Å². The van der Waals surface area contributed by atoms with E-state index in [1.807, 2.05) is 81.4 Å². The number of aromatic nitrogens is 7. The summed E-state index contributed by atoms with van der Waals surface area (Å²) in [7, 11) is 9.34. The molecule has 0 radical (unpaired) electrons. The van der Waals surface area contributed by atoms with Gasteiger partial charge in [-0.25, -0.2) is 29.4 Å². The maximum absolute atomic E-state index is 12.3. The van der Waals surface area contributed by atoms with Gasteiger partial charge in [0.25, 0.3) is 0 Å². The number of imidazole rings is 1. The molecule has 0 saturated heterocycles. The van der Waals surface area contributed by atoms with Crippen molar-refractivity contribution in [3.05, 3.63) is 147 Å². The van der Waals surface area contributed by atoms with Crippen LogP contribution in [0.25, 0.3) is 6.08 Å². The number of aryl methyl sites for hydroxylation is 2. The van der Waals surface area contributed by atoms with Crippen molar-refractivity contribution >= 4 is 90.3 Å². The molecule has 1 saturated carbocycles. The van der Waals surface area contributed by atoms with Gasteiger partial charge in [-0.1, -0.05) is 104 Å². The summed E-state index contributed by atoms with van der Waals surface area (Å²) in [6.07, 6.45) is 12.5. The molecule has 0 spiro atoms. The number of hydrogen-bond acceptors (Lipinski definition) is 9. The van der Waals surface area contributed by atoms with Crippen molar-refractivity contribution in [3.8, 4) is 5.75 Å². The van der Waals surface area contributed by atoms with Crippen molar-refractivity contribution in [2.75, 3.05) is 25.0 Å². The van der Waals surface area contributed by atoms with Crippen molar-refractivity contribution < 1.29 is 27.8 Å². The van der Waals surface area contributed by atoms with Gasteiger partial charge in [-0.05, 0) is 92.1 Å². The van der Waals surface area contributed by atoms with Gasteiger partial charge in [-0.2, -0.15) is 5.10 Å². The Kier molecular flexibility index (Phi) is 21.0. The number of halogens is 6. The summed E-state index contributed by atoms with van der Waals surface area (Å²) < 4.78 is 8.75. The summed E-state index contributed by atoms with van der Waals surface area (Å²) in [5.74, 6) is 1.02. The van der Waals surface area contributed by atoms with Gasteiger partial charge in [0, 0.05) is 46.1 Å². The van der Waals surface area contributed by atoms with Crippen LogP contribution in [0.1, 0.15) is 57.0 Å². The predicted molar refractivity (Wildman–Crippen MR) is 252 cm³/mol. The van der Waals surface area contributed by atoms with Gasteiger partial charge in [0.2, 0.25) is 5.95 Å². The van der Waals surface area contributed by atoms with Crippen LogP contribution in [-0.2, 0) is 19.7 Å². The Balaban J connectivity index is 0.000000205. The summed E-state index contributed by atoms with van der Waals surface area (Å²) >= 11 is 24.7. The molecule has 19 heteroatoms. The number of ether oxygens (including phenoxy) is 1. The molecule has 0 bridgehead atoms. The molecule has 3 aromatic carbocycles. The van der Waals surface area contributed by atoms with E-state index in [4.69, 9.17) is 51.1 Å². The third-order valence-corrected chi connectivity index (χ3v) is 10.8. The van der Waals surface area contributed by atoms with Crippen LogP contribution in [0, 0.1) is 19.3 Å². The quantitative estimate of drug-likeness (QED) is 0.122. The zero-order chi connectivity index (χ0) is 46.0. The van der Waals surface area contributed by atoms with E-state index in [1.165, 1.54) is 17.2 Å². The van der Waals surface area contributed by atoms with E-state index >= 15 is 0 Å². The summed E-state index contributed by atoms with van der Waals surface area (Å²) in [6, 6.07) is 22.5. The Morgan fingerprint density at radius 2 is 1.57 bits per heavy atom. The molecule has 3 heterocycles.